The molecule has 3 rings (SSSR count). The molecule has 2 saturated carbocycles. The zero-order chi connectivity index (χ0) is 17.9. The molecule has 0 heterocycles. The zero-order valence-corrected chi connectivity index (χ0v) is 16.8. The fourth-order valence-corrected chi connectivity index (χ4v) is 5.37. The summed E-state index contributed by atoms with van der Waals surface area (Å²) < 4.78 is 30.2. The Bertz CT molecular complexity index is 639. The highest BCUT2D eigenvalue weighted by Gasteiger charge is 2.56. The van der Waals surface area contributed by atoms with Gasteiger partial charge in [0.1, 0.15) is 10.6 Å². The molecule has 0 aromatic heterocycles. The van der Waals surface area contributed by atoms with Gasteiger partial charge in [-0.05, 0) is 69.4 Å². The second-order valence-corrected chi connectivity index (χ2v) is 11.3. The molecule has 0 radical (unpaired) electrons. The summed E-state index contributed by atoms with van der Waals surface area (Å²) in [6, 6.07) is 2.39. The van der Waals surface area contributed by atoms with Crippen LogP contribution in [0.2, 0.25) is 10.0 Å². The second-order valence-electron chi connectivity index (χ2n) is 8.51. The van der Waals surface area contributed by atoms with E-state index in [0.29, 0.717) is 22.4 Å². The Kier molecular flexibility index (Phi) is 4.94. The molecule has 0 saturated heterocycles. The molecule has 1 N–H and O–H groups in total. The van der Waals surface area contributed by atoms with Crippen LogP contribution in [0.15, 0.2) is 12.1 Å². The molecule has 24 heavy (non-hydrogen) atoms. The summed E-state index contributed by atoms with van der Waals surface area (Å²) in [5.41, 5.74) is 0.175. The minimum absolute atomic E-state index is 0.177. The molecule has 2 aliphatic carbocycles. The van der Waals surface area contributed by atoms with Crippen LogP contribution in [-0.2, 0) is 11.4 Å². The van der Waals surface area contributed by atoms with Gasteiger partial charge in [0.25, 0.3) is 0 Å². The maximum Gasteiger partial charge on any atom is 0.136 e. The molecular formula is C18H24Cl2FNOS. The van der Waals surface area contributed by atoms with Crippen LogP contribution in [0.4, 0.5) is 4.39 Å². The summed E-state index contributed by atoms with van der Waals surface area (Å²) in [5.74, 6) is 1.03. The first kappa shape index (κ1) is 18.8. The van der Waals surface area contributed by atoms with Gasteiger partial charge in [0.15, 0.2) is 0 Å². The van der Waals surface area contributed by atoms with Crippen LogP contribution in [0.3, 0.4) is 0 Å². The molecule has 2 aliphatic rings. The van der Waals surface area contributed by atoms with Gasteiger partial charge in [0.05, 0.1) is 16.1 Å². The Morgan fingerprint density at radius 1 is 1.29 bits per heavy atom. The topological polar surface area (TPSA) is 35.1 Å². The Morgan fingerprint density at radius 3 is 2.42 bits per heavy atom. The number of benzene rings is 1. The third-order valence-corrected chi connectivity index (χ3v) is 7.75. The van der Waals surface area contributed by atoms with Gasteiger partial charge in [-0.1, -0.05) is 30.1 Å². The average molecular weight is 392 g/mol. The summed E-state index contributed by atoms with van der Waals surface area (Å²) in [7, 11) is 0. The van der Waals surface area contributed by atoms with Crippen LogP contribution < -0.4 is 4.72 Å². The van der Waals surface area contributed by atoms with Crippen molar-refractivity contribution in [2.75, 3.05) is 0 Å². The minimum Gasteiger partial charge on any atom is -0.598 e. The lowest BCUT2D eigenvalue weighted by Gasteiger charge is -2.38. The van der Waals surface area contributed by atoms with E-state index in [-0.39, 0.29) is 10.4 Å². The van der Waals surface area contributed by atoms with Crippen molar-refractivity contribution >= 4 is 34.6 Å². The van der Waals surface area contributed by atoms with E-state index in [0.717, 1.165) is 12.8 Å². The molecule has 2 fully saturated rings. The van der Waals surface area contributed by atoms with Crippen LogP contribution in [-0.4, -0.2) is 9.30 Å². The zero-order valence-electron chi connectivity index (χ0n) is 14.5. The van der Waals surface area contributed by atoms with Crippen molar-refractivity contribution in [2.45, 2.75) is 57.7 Å². The van der Waals surface area contributed by atoms with E-state index >= 15 is 0 Å². The summed E-state index contributed by atoms with van der Waals surface area (Å²) in [6.45, 7) is 7.85. The fourth-order valence-electron chi connectivity index (χ4n) is 3.97. The predicted molar refractivity (Wildman–Crippen MR) is 99.1 cm³/mol. The van der Waals surface area contributed by atoms with Crippen molar-refractivity contribution in [3.8, 4) is 0 Å². The van der Waals surface area contributed by atoms with E-state index in [4.69, 9.17) is 23.2 Å². The maximum absolute atomic E-state index is 14.7. The second kappa shape index (κ2) is 6.31. The Labute approximate surface area is 156 Å². The first-order chi connectivity index (χ1) is 11.0. The van der Waals surface area contributed by atoms with Gasteiger partial charge in [-0.2, -0.15) is 0 Å². The lowest BCUT2D eigenvalue weighted by atomic mass is 9.75. The van der Waals surface area contributed by atoms with Gasteiger partial charge in [-0.3, -0.25) is 0 Å². The standard InChI is InChI=1S/C18H24Cl2FNOS/c1-17(2,3)24(23)22-16(18(4)8-10-7-11(10)9-18)14-13(21)6-5-12(19)15(14)20/h5-6,10-11,16,22H,7-9H2,1-4H3/t10?,11?,16-,18?,24?/m1/s1. The molecule has 0 bridgehead atoms. The number of hydrogen-bond acceptors (Lipinski definition) is 2. The number of rotatable bonds is 4. The van der Waals surface area contributed by atoms with Crippen molar-refractivity contribution in [2.24, 2.45) is 17.3 Å². The monoisotopic (exact) mass is 391 g/mol. The first-order valence-electron chi connectivity index (χ1n) is 8.34. The molecule has 3 unspecified atom stereocenters. The highest BCUT2D eigenvalue weighted by molar-refractivity contribution is 7.90. The molecule has 0 amide bonds. The van der Waals surface area contributed by atoms with Crippen molar-refractivity contribution < 1.29 is 8.94 Å². The Hall–Kier alpha value is -0.0000000000000000555. The third-order valence-electron chi connectivity index (χ3n) is 5.37. The van der Waals surface area contributed by atoms with Gasteiger partial charge < -0.3 is 4.55 Å². The van der Waals surface area contributed by atoms with Crippen molar-refractivity contribution in [3.63, 3.8) is 0 Å². The first-order valence-corrected chi connectivity index (χ1v) is 10.2. The Balaban J connectivity index is 2.01. The SMILES string of the molecule is CC1([C@H](N[S+]([O-])C(C)(C)C)c2c(F)ccc(Cl)c2Cl)CC2CC2C1. The fraction of sp³-hybridized carbons (Fsp3) is 0.667. The summed E-state index contributed by atoms with van der Waals surface area (Å²) >= 11 is 11.2. The van der Waals surface area contributed by atoms with E-state index < -0.39 is 28.0 Å². The number of halogens is 3. The summed E-state index contributed by atoms with van der Waals surface area (Å²) in [5, 5.41) is 0.551. The largest absolute Gasteiger partial charge is 0.598 e. The van der Waals surface area contributed by atoms with Gasteiger partial charge >= 0.3 is 0 Å². The van der Waals surface area contributed by atoms with Gasteiger partial charge in [0.2, 0.25) is 0 Å². The van der Waals surface area contributed by atoms with Crippen LogP contribution >= 0.6 is 23.2 Å². The van der Waals surface area contributed by atoms with Crippen molar-refractivity contribution in [1.82, 2.24) is 4.72 Å². The van der Waals surface area contributed by atoms with E-state index in [1.165, 1.54) is 18.6 Å². The van der Waals surface area contributed by atoms with Gasteiger partial charge in [0, 0.05) is 16.9 Å². The summed E-state index contributed by atoms with van der Waals surface area (Å²) in [4.78, 5) is 0. The highest BCUT2D eigenvalue weighted by atomic mass is 35.5. The van der Waals surface area contributed by atoms with E-state index in [1.54, 1.807) is 0 Å². The minimum atomic E-state index is -1.33. The lowest BCUT2D eigenvalue weighted by molar-refractivity contribution is 0.217. The molecular weight excluding hydrogens is 368 g/mol. The number of fused-ring (bicyclic) bond motifs is 1. The lowest BCUT2D eigenvalue weighted by Crippen LogP contribution is -2.46. The van der Waals surface area contributed by atoms with Crippen LogP contribution in [0.1, 0.15) is 58.6 Å². The van der Waals surface area contributed by atoms with Crippen molar-refractivity contribution in [1.29, 1.82) is 0 Å². The molecule has 2 nitrogen and oxygen atoms in total. The van der Waals surface area contributed by atoms with E-state index in [1.807, 2.05) is 20.8 Å². The molecule has 6 heteroatoms. The smallest absolute Gasteiger partial charge is 0.136 e. The molecule has 0 spiro atoms. The predicted octanol–water partition coefficient (Wildman–Crippen LogP) is 5.66. The van der Waals surface area contributed by atoms with E-state index in [9.17, 15) is 8.94 Å². The highest BCUT2D eigenvalue weighted by Crippen LogP contribution is 2.64. The average Bonchev–Trinajstić information content (AvgIpc) is 3.09. The molecule has 1 aromatic rings. The maximum atomic E-state index is 14.7. The van der Waals surface area contributed by atoms with Crippen molar-refractivity contribution in [3.05, 3.63) is 33.6 Å². The van der Waals surface area contributed by atoms with Gasteiger partial charge in [-0.15, -0.1) is 4.72 Å². The normalized spacial score (nSPS) is 31.7. The van der Waals surface area contributed by atoms with E-state index in [2.05, 4.69) is 11.6 Å². The van der Waals surface area contributed by atoms with Crippen LogP contribution in [0, 0.1) is 23.1 Å². The summed E-state index contributed by atoms with van der Waals surface area (Å²) in [6.07, 6.45) is 3.26. The molecule has 4 atom stereocenters. The number of hydrogen-bond donors (Lipinski definition) is 1. The quantitative estimate of drug-likeness (QED) is 0.530. The molecule has 1 aromatic carbocycles. The number of nitrogens with one attached hydrogen (secondary N) is 1. The van der Waals surface area contributed by atoms with Crippen LogP contribution in [0.25, 0.3) is 0 Å². The third kappa shape index (κ3) is 3.45. The van der Waals surface area contributed by atoms with Crippen LogP contribution in [0.5, 0.6) is 0 Å². The van der Waals surface area contributed by atoms with Gasteiger partial charge in [-0.25, -0.2) is 4.39 Å². The Morgan fingerprint density at radius 2 is 1.88 bits per heavy atom. The molecule has 134 valence electrons. The molecule has 0 aliphatic heterocycles.